The molecule has 14 heavy (non-hydrogen) atoms. The molecule has 0 aliphatic carbocycles. The molecular formula is C11H13NOS. The predicted octanol–water partition coefficient (Wildman–Crippen LogP) is 2.65. The SMILES string of the molecule is CNCc1ccc(Cc2cccs2)o1. The van der Waals surface area contributed by atoms with Gasteiger partial charge in [0.2, 0.25) is 0 Å². The molecule has 74 valence electrons. The van der Waals surface area contributed by atoms with Crippen molar-refractivity contribution >= 4 is 11.3 Å². The Balaban J connectivity index is 2.03. The van der Waals surface area contributed by atoms with E-state index in [4.69, 9.17) is 4.42 Å². The van der Waals surface area contributed by atoms with Gasteiger partial charge in [0.1, 0.15) is 11.5 Å². The quantitative estimate of drug-likeness (QED) is 0.833. The van der Waals surface area contributed by atoms with Crippen molar-refractivity contribution in [2.75, 3.05) is 7.05 Å². The van der Waals surface area contributed by atoms with E-state index in [0.29, 0.717) is 0 Å². The average Bonchev–Trinajstić information content (AvgIpc) is 2.79. The van der Waals surface area contributed by atoms with E-state index in [1.807, 2.05) is 19.2 Å². The summed E-state index contributed by atoms with van der Waals surface area (Å²) in [5.41, 5.74) is 0. The van der Waals surface area contributed by atoms with E-state index in [1.54, 1.807) is 11.3 Å². The maximum Gasteiger partial charge on any atom is 0.117 e. The van der Waals surface area contributed by atoms with E-state index in [-0.39, 0.29) is 0 Å². The Morgan fingerprint density at radius 1 is 1.29 bits per heavy atom. The first-order valence-electron chi connectivity index (χ1n) is 4.63. The van der Waals surface area contributed by atoms with E-state index in [9.17, 15) is 0 Å². The van der Waals surface area contributed by atoms with Crippen molar-refractivity contribution < 1.29 is 4.42 Å². The van der Waals surface area contributed by atoms with Gasteiger partial charge in [0.15, 0.2) is 0 Å². The summed E-state index contributed by atoms with van der Waals surface area (Å²) >= 11 is 1.76. The monoisotopic (exact) mass is 207 g/mol. The number of hydrogen-bond donors (Lipinski definition) is 1. The fourth-order valence-electron chi connectivity index (χ4n) is 1.37. The Hall–Kier alpha value is -1.06. The minimum atomic E-state index is 0.796. The molecule has 0 bridgehead atoms. The highest BCUT2D eigenvalue weighted by molar-refractivity contribution is 7.09. The van der Waals surface area contributed by atoms with Crippen LogP contribution in [0, 0.1) is 0 Å². The molecule has 0 saturated carbocycles. The topological polar surface area (TPSA) is 25.2 Å². The van der Waals surface area contributed by atoms with Gasteiger partial charge >= 0.3 is 0 Å². The van der Waals surface area contributed by atoms with E-state index in [1.165, 1.54) is 4.88 Å². The van der Waals surface area contributed by atoms with Crippen molar-refractivity contribution in [3.8, 4) is 0 Å². The summed E-state index contributed by atoms with van der Waals surface area (Å²) in [6.07, 6.45) is 0.904. The second-order valence-corrected chi connectivity index (χ2v) is 4.19. The lowest BCUT2D eigenvalue weighted by Gasteiger charge is -1.94. The van der Waals surface area contributed by atoms with E-state index < -0.39 is 0 Å². The Kier molecular flexibility index (Phi) is 3.01. The molecule has 2 aromatic heterocycles. The third-order valence-electron chi connectivity index (χ3n) is 2.00. The third-order valence-corrected chi connectivity index (χ3v) is 2.87. The molecule has 0 fully saturated rings. The summed E-state index contributed by atoms with van der Waals surface area (Å²) in [6.45, 7) is 0.796. The van der Waals surface area contributed by atoms with E-state index >= 15 is 0 Å². The molecule has 2 aromatic rings. The highest BCUT2D eigenvalue weighted by Crippen LogP contribution is 2.16. The number of hydrogen-bond acceptors (Lipinski definition) is 3. The molecule has 0 aliphatic rings. The second-order valence-electron chi connectivity index (χ2n) is 3.15. The van der Waals surface area contributed by atoms with Gasteiger partial charge in [-0.3, -0.25) is 0 Å². The highest BCUT2D eigenvalue weighted by atomic mass is 32.1. The summed E-state index contributed by atoms with van der Waals surface area (Å²) in [4.78, 5) is 1.34. The van der Waals surface area contributed by atoms with Gasteiger partial charge in [0, 0.05) is 11.3 Å². The van der Waals surface area contributed by atoms with E-state index in [0.717, 1.165) is 24.5 Å². The normalized spacial score (nSPS) is 10.6. The van der Waals surface area contributed by atoms with Crippen LogP contribution in [0.5, 0.6) is 0 Å². The molecule has 0 aromatic carbocycles. The molecule has 3 heteroatoms. The molecule has 0 amide bonds. The predicted molar refractivity (Wildman–Crippen MR) is 58.6 cm³/mol. The fourth-order valence-corrected chi connectivity index (χ4v) is 2.09. The number of thiophene rings is 1. The molecule has 2 heterocycles. The minimum absolute atomic E-state index is 0.796. The lowest BCUT2D eigenvalue weighted by molar-refractivity contribution is 0.463. The van der Waals surface area contributed by atoms with Crippen LogP contribution in [0.2, 0.25) is 0 Å². The van der Waals surface area contributed by atoms with Crippen molar-refractivity contribution in [2.45, 2.75) is 13.0 Å². The van der Waals surface area contributed by atoms with Gasteiger partial charge in [0.05, 0.1) is 6.54 Å². The average molecular weight is 207 g/mol. The van der Waals surface area contributed by atoms with Crippen molar-refractivity contribution in [1.82, 2.24) is 5.32 Å². The molecule has 0 atom stereocenters. The van der Waals surface area contributed by atoms with Crippen LogP contribution in [0.3, 0.4) is 0 Å². The Labute approximate surface area is 87.6 Å². The maximum absolute atomic E-state index is 5.64. The van der Waals surface area contributed by atoms with Crippen molar-refractivity contribution in [2.24, 2.45) is 0 Å². The van der Waals surface area contributed by atoms with Crippen LogP contribution in [-0.2, 0) is 13.0 Å². The van der Waals surface area contributed by atoms with Crippen LogP contribution in [0.25, 0.3) is 0 Å². The first-order valence-corrected chi connectivity index (χ1v) is 5.51. The van der Waals surface area contributed by atoms with Gasteiger partial charge < -0.3 is 9.73 Å². The second kappa shape index (κ2) is 4.44. The van der Waals surface area contributed by atoms with Crippen molar-refractivity contribution in [3.05, 3.63) is 46.0 Å². The smallest absolute Gasteiger partial charge is 0.117 e. The molecule has 0 unspecified atom stereocenters. The standard InChI is InChI=1S/C11H13NOS/c1-12-8-10-5-4-9(13-10)7-11-3-2-6-14-11/h2-6,12H,7-8H2,1H3. The Morgan fingerprint density at radius 2 is 2.14 bits per heavy atom. The van der Waals surface area contributed by atoms with Gasteiger partial charge in [-0.2, -0.15) is 0 Å². The number of furan rings is 1. The molecular weight excluding hydrogens is 194 g/mol. The van der Waals surface area contributed by atoms with Crippen LogP contribution in [0.1, 0.15) is 16.4 Å². The van der Waals surface area contributed by atoms with Crippen LogP contribution in [-0.4, -0.2) is 7.05 Å². The number of rotatable bonds is 4. The zero-order chi connectivity index (χ0) is 9.80. The zero-order valence-electron chi connectivity index (χ0n) is 8.12. The number of nitrogens with one attached hydrogen (secondary N) is 1. The van der Waals surface area contributed by atoms with Crippen molar-refractivity contribution in [3.63, 3.8) is 0 Å². The lowest BCUT2D eigenvalue weighted by Crippen LogP contribution is -2.03. The van der Waals surface area contributed by atoms with Gasteiger partial charge in [-0.25, -0.2) is 0 Å². The molecule has 0 spiro atoms. The third kappa shape index (κ3) is 2.25. The van der Waals surface area contributed by atoms with Gasteiger partial charge in [-0.15, -0.1) is 11.3 Å². The molecule has 0 radical (unpaired) electrons. The summed E-state index contributed by atoms with van der Waals surface area (Å²) in [5.74, 6) is 2.04. The minimum Gasteiger partial charge on any atom is -0.464 e. The van der Waals surface area contributed by atoms with Gasteiger partial charge in [-0.05, 0) is 30.6 Å². The molecule has 2 nitrogen and oxygen atoms in total. The first kappa shape index (κ1) is 9.49. The van der Waals surface area contributed by atoms with Crippen LogP contribution < -0.4 is 5.32 Å². The Morgan fingerprint density at radius 3 is 2.86 bits per heavy atom. The first-order chi connectivity index (χ1) is 6.88. The van der Waals surface area contributed by atoms with E-state index in [2.05, 4.69) is 22.8 Å². The summed E-state index contributed by atoms with van der Waals surface area (Å²) in [6, 6.07) is 8.27. The van der Waals surface area contributed by atoms with Crippen LogP contribution in [0.4, 0.5) is 0 Å². The van der Waals surface area contributed by atoms with Crippen LogP contribution in [0.15, 0.2) is 34.1 Å². The molecule has 1 N–H and O–H groups in total. The fraction of sp³-hybridized carbons (Fsp3) is 0.273. The van der Waals surface area contributed by atoms with Gasteiger partial charge in [-0.1, -0.05) is 6.07 Å². The lowest BCUT2D eigenvalue weighted by atomic mass is 10.3. The summed E-state index contributed by atoms with van der Waals surface area (Å²) < 4.78 is 5.64. The molecule has 2 rings (SSSR count). The molecule has 0 saturated heterocycles. The summed E-state index contributed by atoms with van der Waals surface area (Å²) in [5, 5.41) is 5.16. The summed E-state index contributed by atoms with van der Waals surface area (Å²) in [7, 11) is 1.92. The largest absolute Gasteiger partial charge is 0.464 e. The highest BCUT2D eigenvalue weighted by Gasteiger charge is 2.02. The van der Waals surface area contributed by atoms with Crippen LogP contribution >= 0.6 is 11.3 Å². The zero-order valence-corrected chi connectivity index (χ0v) is 8.93. The van der Waals surface area contributed by atoms with Gasteiger partial charge in [0.25, 0.3) is 0 Å². The molecule has 0 aliphatic heterocycles. The van der Waals surface area contributed by atoms with Crippen molar-refractivity contribution in [1.29, 1.82) is 0 Å². The Bertz CT molecular complexity index is 378. The maximum atomic E-state index is 5.64.